The van der Waals surface area contributed by atoms with Gasteiger partial charge in [-0.2, -0.15) is 0 Å². The summed E-state index contributed by atoms with van der Waals surface area (Å²) in [6.45, 7) is 7.24. The highest BCUT2D eigenvalue weighted by Crippen LogP contribution is 2.16. The van der Waals surface area contributed by atoms with Gasteiger partial charge < -0.3 is 13.7 Å². The summed E-state index contributed by atoms with van der Waals surface area (Å²) < 4.78 is 11.4. The first-order valence-corrected chi connectivity index (χ1v) is 9.88. The molecule has 1 saturated heterocycles. The molecule has 4 rings (SSSR count). The molecule has 1 aromatic carbocycles. The van der Waals surface area contributed by atoms with Crippen LogP contribution in [0.1, 0.15) is 48.5 Å². The van der Waals surface area contributed by atoms with Gasteiger partial charge in [-0.05, 0) is 18.6 Å². The van der Waals surface area contributed by atoms with Gasteiger partial charge in [-0.1, -0.05) is 26.0 Å². The number of fused-ring (bicyclic) bond motifs is 1. The standard InChI is InChI=1S/C21H24N4O4/c1-14(2)20-23-22-19(29-20)13-24-8-5-9-25(11-10-24)21(27)18-12-16(26)15-6-3-4-7-17(15)28-18/h3-4,6-7,12,14H,5,8-11,13H2,1-2H3. The Morgan fingerprint density at radius 1 is 1.10 bits per heavy atom. The molecule has 0 unspecified atom stereocenters. The highest BCUT2D eigenvalue weighted by atomic mass is 16.4. The van der Waals surface area contributed by atoms with Crippen LogP contribution in [-0.4, -0.2) is 52.1 Å². The van der Waals surface area contributed by atoms with Crippen molar-refractivity contribution in [2.24, 2.45) is 0 Å². The monoisotopic (exact) mass is 396 g/mol. The third-order valence-corrected chi connectivity index (χ3v) is 5.06. The van der Waals surface area contributed by atoms with Crippen LogP contribution in [0.5, 0.6) is 0 Å². The van der Waals surface area contributed by atoms with Crippen molar-refractivity contribution in [3.63, 3.8) is 0 Å². The van der Waals surface area contributed by atoms with Gasteiger partial charge in [0.15, 0.2) is 11.2 Å². The summed E-state index contributed by atoms with van der Waals surface area (Å²) in [7, 11) is 0. The fraction of sp³-hybridized carbons (Fsp3) is 0.429. The molecule has 0 spiro atoms. The Morgan fingerprint density at radius 2 is 1.93 bits per heavy atom. The minimum atomic E-state index is -0.255. The van der Waals surface area contributed by atoms with E-state index in [-0.39, 0.29) is 23.0 Å². The lowest BCUT2D eigenvalue weighted by Gasteiger charge is -2.20. The van der Waals surface area contributed by atoms with Gasteiger partial charge in [0, 0.05) is 38.2 Å². The number of amides is 1. The maximum absolute atomic E-state index is 12.9. The van der Waals surface area contributed by atoms with Crippen LogP contribution in [0.4, 0.5) is 0 Å². The zero-order valence-electron chi connectivity index (χ0n) is 16.6. The number of hydrogen-bond donors (Lipinski definition) is 0. The van der Waals surface area contributed by atoms with E-state index < -0.39 is 0 Å². The summed E-state index contributed by atoms with van der Waals surface area (Å²) in [5.41, 5.74) is 0.223. The molecule has 0 saturated carbocycles. The molecular formula is C21H24N4O4. The third-order valence-electron chi connectivity index (χ3n) is 5.06. The summed E-state index contributed by atoms with van der Waals surface area (Å²) in [6, 6.07) is 8.25. The highest BCUT2D eigenvalue weighted by Gasteiger charge is 2.24. The fourth-order valence-electron chi connectivity index (χ4n) is 3.45. The average Bonchev–Trinajstić information content (AvgIpc) is 3.06. The lowest BCUT2D eigenvalue weighted by Crippen LogP contribution is -2.35. The van der Waals surface area contributed by atoms with E-state index in [0.29, 0.717) is 48.9 Å². The Hall–Kier alpha value is -3.00. The number of nitrogens with zero attached hydrogens (tertiary/aromatic N) is 4. The third kappa shape index (κ3) is 4.22. The van der Waals surface area contributed by atoms with Crippen LogP contribution in [0.2, 0.25) is 0 Å². The molecule has 0 aliphatic carbocycles. The van der Waals surface area contributed by atoms with Gasteiger partial charge in [0.2, 0.25) is 11.8 Å². The molecule has 8 nitrogen and oxygen atoms in total. The zero-order chi connectivity index (χ0) is 20.4. The smallest absolute Gasteiger partial charge is 0.289 e. The molecule has 2 aromatic heterocycles. The Balaban J connectivity index is 1.44. The van der Waals surface area contributed by atoms with Crippen LogP contribution in [0.15, 0.2) is 44.0 Å². The normalized spacial score (nSPS) is 15.8. The molecule has 3 aromatic rings. The van der Waals surface area contributed by atoms with E-state index in [0.717, 1.165) is 13.0 Å². The van der Waals surface area contributed by atoms with Crippen molar-refractivity contribution < 1.29 is 13.6 Å². The van der Waals surface area contributed by atoms with Gasteiger partial charge in [0.1, 0.15) is 5.58 Å². The first kappa shape index (κ1) is 19.3. The van der Waals surface area contributed by atoms with E-state index in [4.69, 9.17) is 8.83 Å². The lowest BCUT2D eigenvalue weighted by molar-refractivity contribution is 0.0729. The van der Waals surface area contributed by atoms with Gasteiger partial charge in [-0.15, -0.1) is 10.2 Å². The molecule has 1 aliphatic heterocycles. The summed E-state index contributed by atoms with van der Waals surface area (Å²) in [6.07, 6.45) is 0.814. The van der Waals surface area contributed by atoms with E-state index in [1.807, 2.05) is 13.8 Å². The fourth-order valence-corrected chi connectivity index (χ4v) is 3.45. The van der Waals surface area contributed by atoms with Gasteiger partial charge in [0.05, 0.1) is 11.9 Å². The average molecular weight is 396 g/mol. The molecule has 29 heavy (non-hydrogen) atoms. The van der Waals surface area contributed by atoms with Crippen molar-refractivity contribution in [3.8, 4) is 0 Å². The molecular weight excluding hydrogens is 372 g/mol. The number of rotatable bonds is 4. The van der Waals surface area contributed by atoms with Crippen molar-refractivity contribution in [1.29, 1.82) is 0 Å². The van der Waals surface area contributed by atoms with E-state index in [9.17, 15) is 9.59 Å². The first-order chi connectivity index (χ1) is 14.0. The molecule has 8 heteroatoms. The van der Waals surface area contributed by atoms with E-state index in [1.165, 1.54) is 6.07 Å². The summed E-state index contributed by atoms with van der Waals surface area (Å²) in [5, 5.41) is 8.66. The zero-order valence-corrected chi connectivity index (χ0v) is 16.6. The van der Waals surface area contributed by atoms with E-state index in [1.54, 1.807) is 29.2 Å². The summed E-state index contributed by atoms with van der Waals surface area (Å²) in [4.78, 5) is 29.2. The number of aromatic nitrogens is 2. The molecule has 3 heterocycles. The number of para-hydroxylation sites is 1. The quantitative estimate of drug-likeness (QED) is 0.669. The molecule has 0 radical (unpaired) electrons. The van der Waals surface area contributed by atoms with Gasteiger partial charge in [-0.25, -0.2) is 0 Å². The topological polar surface area (TPSA) is 92.7 Å². The minimum absolute atomic E-state index is 0.0839. The highest BCUT2D eigenvalue weighted by molar-refractivity contribution is 5.93. The minimum Gasteiger partial charge on any atom is -0.451 e. The second-order valence-electron chi connectivity index (χ2n) is 7.58. The predicted molar refractivity (Wildman–Crippen MR) is 107 cm³/mol. The van der Waals surface area contributed by atoms with E-state index >= 15 is 0 Å². The van der Waals surface area contributed by atoms with Crippen LogP contribution in [-0.2, 0) is 6.54 Å². The Morgan fingerprint density at radius 3 is 2.72 bits per heavy atom. The second-order valence-corrected chi connectivity index (χ2v) is 7.58. The maximum atomic E-state index is 12.9. The molecule has 0 atom stereocenters. The van der Waals surface area contributed by atoms with Crippen molar-refractivity contribution in [1.82, 2.24) is 20.0 Å². The molecule has 1 fully saturated rings. The van der Waals surface area contributed by atoms with Crippen molar-refractivity contribution in [2.45, 2.75) is 32.7 Å². The van der Waals surface area contributed by atoms with Gasteiger partial charge in [-0.3, -0.25) is 14.5 Å². The van der Waals surface area contributed by atoms with Crippen molar-refractivity contribution >= 4 is 16.9 Å². The number of hydrogen-bond acceptors (Lipinski definition) is 7. The van der Waals surface area contributed by atoms with Crippen LogP contribution < -0.4 is 5.43 Å². The molecule has 1 aliphatic rings. The largest absolute Gasteiger partial charge is 0.451 e. The SMILES string of the molecule is CC(C)c1nnc(CN2CCCN(C(=O)c3cc(=O)c4ccccc4o3)CC2)o1. The number of carbonyl (C=O) groups excluding carboxylic acids is 1. The Bertz CT molecular complexity index is 1070. The van der Waals surface area contributed by atoms with E-state index in [2.05, 4.69) is 15.1 Å². The summed E-state index contributed by atoms with van der Waals surface area (Å²) >= 11 is 0. The van der Waals surface area contributed by atoms with Crippen LogP contribution in [0, 0.1) is 0 Å². The maximum Gasteiger partial charge on any atom is 0.289 e. The number of carbonyl (C=O) groups is 1. The van der Waals surface area contributed by atoms with Gasteiger partial charge >= 0.3 is 0 Å². The van der Waals surface area contributed by atoms with Crippen LogP contribution in [0.3, 0.4) is 0 Å². The molecule has 152 valence electrons. The van der Waals surface area contributed by atoms with Crippen LogP contribution >= 0.6 is 0 Å². The van der Waals surface area contributed by atoms with Crippen LogP contribution in [0.25, 0.3) is 11.0 Å². The second kappa shape index (κ2) is 8.16. The van der Waals surface area contributed by atoms with Crippen molar-refractivity contribution in [2.75, 3.05) is 26.2 Å². The first-order valence-electron chi connectivity index (χ1n) is 9.88. The molecule has 1 amide bonds. The lowest BCUT2D eigenvalue weighted by atomic mass is 10.2. The Kier molecular flexibility index (Phi) is 5.44. The molecule has 0 bridgehead atoms. The summed E-state index contributed by atoms with van der Waals surface area (Å²) in [5.74, 6) is 1.26. The van der Waals surface area contributed by atoms with Gasteiger partial charge in [0.25, 0.3) is 5.91 Å². The van der Waals surface area contributed by atoms with Crippen molar-refractivity contribution in [3.05, 3.63) is 58.1 Å². The predicted octanol–water partition coefficient (Wildman–Crippen LogP) is 2.65. The number of benzene rings is 1. The molecule has 0 N–H and O–H groups in total. The Labute approximate surface area is 168 Å².